The first-order chi connectivity index (χ1) is 5.24. The first-order valence-electron chi connectivity index (χ1n) is 3.59. The van der Waals surface area contributed by atoms with Gasteiger partial charge in [-0.2, -0.15) is 0 Å². The summed E-state index contributed by atoms with van der Waals surface area (Å²) in [5.74, 6) is -1.20. The first kappa shape index (κ1) is 8.04. The maximum atomic E-state index is 10.5. The summed E-state index contributed by atoms with van der Waals surface area (Å²) in [6, 6.07) is 0. The summed E-state index contributed by atoms with van der Waals surface area (Å²) in [7, 11) is 0. The van der Waals surface area contributed by atoms with Crippen molar-refractivity contribution in [1.82, 2.24) is 4.90 Å². The van der Waals surface area contributed by atoms with E-state index in [2.05, 4.69) is 0 Å². The number of rotatable bonds is 2. The Morgan fingerprint density at radius 3 is 2.91 bits per heavy atom. The standard InChI is InChI=1S/C7H10NO3/c9-5-8-3-1-2-6(4-8)7(10)11/h6H,1-4H2,(H,10,11). The summed E-state index contributed by atoms with van der Waals surface area (Å²) >= 11 is 0. The SMILES string of the molecule is O=[C]N1CCCC(C(=O)O)C1. The van der Waals surface area contributed by atoms with E-state index >= 15 is 0 Å². The molecular weight excluding hydrogens is 146 g/mol. The van der Waals surface area contributed by atoms with E-state index in [9.17, 15) is 9.59 Å². The Bertz CT molecular complexity index is 169. The van der Waals surface area contributed by atoms with Crippen molar-refractivity contribution in [3.8, 4) is 0 Å². The van der Waals surface area contributed by atoms with E-state index in [1.54, 1.807) is 6.41 Å². The number of amides is 1. The van der Waals surface area contributed by atoms with Crippen molar-refractivity contribution >= 4 is 12.4 Å². The van der Waals surface area contributed by atoms with Gasteiger partial charge in [-0.1, -0.05) is 0 Å². The first-order valence-corrected chi connectivity index (χ1v) is 3.59. The number of hydrogen-bond acceptors (Lipinski definition) is 2. The van der Waals surface area contributed by atoms with Gasteiger partial charge in [0.25, 0.3) is 0 Å². The van der Waals surface area contributed by atoms with Gasteiger partial charge in [-0.15, -0.1) is 0 Å². The van der Waals surface area contributed by atoms with Gasteiger partial charge >= 0.3 is 12.4 Å². The lowest BCUT2D eigenvalue weighted by Gasteiger charge is -2.26. The van der Waals surface area contributed by atoms with E-state index in [0.29, 0.717) is 19.5 Å². The molecule has 1 heterocycles. The van der Waals surface area contributed by atoms with Gasteiger partial charge in [0.1, 0.15) is 0 Å². The molecule has 1 radical (unpaired) electrons. The van der Waals surface area contributed by atoms with Crippen LogP contribution in [-0.2, 0) is 9.59 Å². The van der Waals surface area contributed by atoms with E-state index in [1.807, 2.05) is 0 Å². The van der Waals surface area contributed by atoms with Crippen LogP contribution in [0.4, 0.5) is 0 Å². The number of carbonyl (C=O) groups excluding carboxylic acids is 1. The number of aliphatic carboxylic acids is 1. The minimum absolute atomic E-state index is 0.318. The monoisotopic (exact) mass is 156 g/mol. The number of piperidine rings is 1. The van der Waals surface area contributed by atoms with Crippen molar-refractivity contribution in [3.63, 3.8) is 0 Å². The van der Waals surface area contributed by atoms with Crippen LogP contribution in [0.2, 0.25) is 0 Å². The minimum Gasteiger partial charge on any atom is -0.481 e. The fraction of sp³-hybridized carbons (Fsp3) is 0.714. The van der Waals surface area contributed by atoms with Crippen LogP contribution in [0.15, 0.2) is 0 Å². The lowest BCUT2D eigenvalue weighted by atomic mass is 9.99. The van der Waals surface area contributed by atoms with Crippen molar-refractivity contribution < 1.29 is 14.7 Å². The van der Waals surface area contributed by atoms with Crippen molar-refractivity contribution in [3.05, 3.63) is 0 Å². The average molecular weight is 156 g/mol. The molecule has 4 heteroatoms. The molecule has 1 amide bonds. The highest BCUT2D eigenvalue weighted by atomic mass is 16.4. The van der Waals surface area contributed by atoms with Crippen LogP contribution >= 0.6 is 0 Å². The van der Waals surface area contributed by atoms with E-state index < -0.39 is 5.97 Å². The molecule has 0 aromatic carbocycles. The van der Waals surface area contributed by atoms with E-state index in [-0.39, 0.29) is 5.92 Å². The molecule has 0 aromatic rings. The van der Waals surface area contributed by atoms with Crippen molar-refractivity contribution in [2.24, 2.45) is 5.92 Å². The summed E-state index contributed by atoms with van der Waals surface area (Å²) in [6.07, 6.45) is 3.15. The maximum Gasteiger partial charge on any atom is 0.312 e. The Hall–Kier alpha value is -1.06. The molecule has 11 heavy (non-hydrogen) atoms. The molecule has 1 aliphatic heterocycles. The average Bonchev–Trinajstić information content (AvgIpc) is 2.05. The third-order valence-corrected chi connectivity index (χ3v) is 1.90. The summed E-state index contributed by atoms with van der Waals surface area (Å²) < 4.78 is 0. The van der Waals surface area contributed by atoms with Crippen LogP contribution in [0.1, 0.15) is 12.8 Å². The Balaban J connectivity index is 2.45. The fourth-order valence-corrected chi connectivity index (χ4v) is 1.26. The highest BCUT2D eigenvalue weighted by Gasteiger charge is 2.24. The number of carbonyl (C=O) groups is 1. The number of hydrogen-bond donors (Lipinski definition) is 1. The molecule has 61 valence electrons. The molecular formula is C7H10NO3. The molecule has 1 aliphatic rings. The van der Waals surface area contributed by atoms with Crippen molar-refractivity contribution in [2.45, 2.75) is 12.8 Å². The molecule has 0 bridgehead atoms. The summed E-state index contributed by atoms with van der Waals surface area (Å²) in [5.41, 5.74) is 0. The smallest absolute Gasteiger partial charge is 0.312 e. The highest BCUT2D eigenvalue weighted by Crippen LogP contribution is 2.14. The van der Waals surface area contributed by atoms with Gasteiger partial charge in [-0.25, -0.2) is 0 Å². The lowest BCUT2D eigenvalue weighted by Crippen LogP contribution is -2.37. The lowest BCUT2D eigenvalue weighted by molar-refractivity contribution is -0.143. The summed E-state index contributed by atoms with van der Waals surface area (Å²) in [5, 5.41) is 8.60. The highest BCUT2D eigenvalue weighted by molar-refractivity contribution is 5.71. The van der Waals surface area contributed by atoms with Crippen LogP contribution in [0.5, 0.6) is 0 Å². The molecule has 1 fully saturated rings. The third kappa shape index (κ3) is 1.93. The van der Waals surface area contributed by atoms with Crippen LogP contribution in [-0.4, -0.2) is 35.5 Å². The van der Waals surface area contributed by atoms with Crippen molar-refractivity contribution in [1.29, 1.82) is 0 Å². The normalized spacial score (nSPS) is 24.7. The molecule has 0 saturated carbocycles. The van der Waals surface area contributed by atoms with E-state index in [1.165, 1.54) is 4.90 Å². The Labute approximate surface area is 64.8 Å². The quantitative estimate of drug-likeness (QED) is 0.605. The Morgan fingerprint density at radius 2 is 2.36 bits per heavy atom. The third-order valence-electron chi connectivity index (χ3n) is 1.90. The number of carboxylic acid groups (broad SMARTS) is 1. The van der Waals surface area contributed by atoms with Gasteiger partial charge in [0.05, 0.1) is 5.92 Å². The molecule has 1 unspecified atom stereocenters. The predicted octanol–water partition coefficient (Wildman–Crippen LogP) is -0.150. The fourth-order valence-electron chi connectivity index (χ4n) is 1.26. The number of likely N-dealkylation sites (tertiary alicyclic amines) is 1. The van der Waals surface area contributed by atoms with Crippen LogP contribution in [0, 0.1) is 5.92 Å². The zero-order valence-electron chi connectivity index (χ0n) is 6.12. The molecule has 0 spiro atoms. The minimum atomic E-state index is -0.815. The van der Waals surface area contributed by atoms with Gasteiger partial charge in [-0.05, 0) is 12.8 Å². The van der Waals surface area contributed by atoms with Gasteiger partial charge in [0.2, 0.25) is 0 Å². The Morgan fingerprint density at radius 1 is 1.64 bits per heavy atom. The predicted molar refractivity (Wildman–Crippen MR) is 37.6 cm³/mol. The second kappa shape index (κ2) is 3.37. The second-order valence-corrected chi connectivity index (χ2v) is 2.71. The van der Waals surface area contributed by atoms with Crippen LogP contribution in [0.3, 0.4) is 0 Å². The molecule has 0 aliphatic carbocycles. The van der Waals surface area contributed by atoms with E-state index in [4.69, 9.17) is 5.11 Å². The molecule has 1 rings (SSSR count). The zero-order valence-corrected chi connectivity index (χ0v) is 6.12. The largest absolute Gasteiger partial charge is 0.481 e. The van der Waals surface area contributed by atoms with Gasteiger partial charge in [-0.3, -0.25) is 9.59 Å². The molecule has 4 nitrogen and oxygen atoms in total. The zero-order chi connectivity index (χ0) is 8.27. The van der Waals surface area contributed by atoms with Crippen LogP contribution < -0.4 is 0 Å². The number of carboxylic acids is 1. The maximum absolute atomic E-state index is 10.5. The molecule has 1 N–H and O–H groups in total. The summed E-state index contributed by atoms with van der Waals surface area (Å²) in [4.78, 5) is 22.0. The van der Waals surface area contributed by atoms with Gasteiger partial charge in [0.15, 0.2) is 0 Å². The van der Waals surface area contributed by atoms with Crippen molar-refractivity contribution in [2.75, 3.05) is 13.1 Å². The molecule has 1 saturated heterocycles. The number of nitrogens with zero attached hydrogens (tertiary/aromatic N) is 1. The topological polar surface area (TPSA) is 57.6 Å². The Kier molecular flexibility index (Phi) is 2.46. The summed E-state index contributed by atoms with van der Waals surface area (Å²) in [6.45, 7) is 0.964. The van der Waals surface area contributed by atoms with E-state index in [0.717, 1.165) is 6.42 Å². The molecule has 1 atom stereocenters. The van der Waals surface area contributed by atoms with Gasteiger partial charge in [0, 0.05) is 13.1 Å². The molecule has 0 aromatic heterocycles. The van der Waals surface area contributed by atoms with Crippen LogP contribution in [0.25, 0.3) is 0 Å². The second-order valence-electron chi connectivity index (χ2n) is 2.71. The van der Waals surface area contributed by atoms with Gasteiger partial charge < -0.3 is 10.0 Å².